The summed E-state index contributed by atoms with van der Waals surface area (Å²) in [6.07, 6.45) is 1.94. The molecule has 0 aromatic carbocycles. The smallest absolute Gasteiger partial charge is 0.317 e. The number of nitrogens with two attached hydrogens (primary N) is 1. The van der Waals surface area contributed by atoms with E-state index < -0.39 is 0 Å². The van der Waals surface area contributed by atoms with E-state index in [9.17, 15) is 4.79 Å². The van der Waals surface area contributed by atoms with Gasteiger partial charge in [-0.25, -0.2) is 4.79 Å². The van der Waals surface area contributed by atoms with Crippen LogP contribution in [0.15, 0.2) is 0 Å². The molecule has 1 heterocycles. The normalized spacial score (nSPS) is 17.4. The van der Waals surface area contributed by atoms with Crippen molar-refractivity contribution in [3.63, 3.8) is 0 Å². The van der Waals surface area contributed by atoms with Crippen LogP contribution in [0.4, 0.5) is 4.79 Å². The minimum absolute atomic E-state index is 0.0489. The number of urea groups is 1. The zero-order valence-electron chi connectivity index (χ0n) is 11.3. The molecule has 1 fully saturated rings. The van der Waals surface area contributed by atoms with E-state index in [4.69, 9.17) is 18.0 Å². The largest absolute Gasteiger partial charge is 0.392 e. The third kappa shape index (κ3) is 4.78. The van der Waals surface area contributed by atoms with Crippen molar-refractivity contribution in [2.45, 2.75) is 32.7 Å². The van der Waals surface area contributed by atoms with E-state index >= 15 is 0 Å². The van der Waals surface area contributed by atoms with Crippen molar-refractivity contribution in [3.8, 4) is 0 Å². The van der Waals surface area contributed by atoms with E-state index in [2.05, 4.69) is 10.2 Å². The molecule has 0 radical (unpaired) electrons. The summed E-state index contributed by atoms with van der Waals surface area (Å²) < 4.78 is 0. The van der Waals surface area contributed by atoms with Gasteiger partial charge in [0, 0.05) is 38.8 Å². The molecular weight excluding hydrogens is 248 g/mol. The van der Waals surface area contributed by atoms with Crippen molar-refractivity contribution in [1.29, 1.82) is 0 Å². The van der Waals surface area contributed by atoms with Crippen LogP contribution < -0.4 is 11.1 Å². The highest BCUT2D eigenvalue weighted by molar-refractivity contribution is 7.80. The number of nitrogens with one attached hydrogen (secondary N) is 1. The Morgan fingerprint density at radius 1 is 1.39 bits per heavy atom. The zero-order valence-corrected chi connectivity index (χ0v) is 12.1. The summed E-state index contributed by atoms with van der Waals surface area (Å²) in [6, 6.07) is 0.327. The fraction of sp³-hybridized carbons (Fsp3) is 0.833. The van der Waals surface area contributed by atoms with Crippen LogP contribution in [-0.4, -0.2) is 59.6 Å². The second-order valence-corrected chi connectivity index (χ2v) is 5.16. The molecule has 2 amide bonds. The van der Waals surface area contributed by atoms with Gasteiger partial charge in [-0.2, -0.15) is 0 Å². The van der Waals surface area contributed by atoms with E-state index in [-0.39, 0.29) is 12.1 Å². The van der Waals surface area contributed by atoms with E-state index in [1.54, 1.807) is 4.90 Å². The Morgan fingerprint density at radius 2 is 1.94 bits per heavy atom. The van der Waals surface area contributed by atoms with Gasteiger partial charge >= 0.3 is 6.03 Å². The van der Waals surface area contributed by atoms with Crippen molar-refractivity contribution >= 4 is 23.2 Å². The molecule has 3 N–H and O–H groups in total. The van der Waals surface area contributed by atoms with E-state index in [1.165, 1.54) is 0 Å². The number of carbonyl (C=O) groups excluding carboxylic acids is 1. The first kappa shape index (κ1) is 15.2. The predicted molar refractivity (Wildman–Crippen MR) is 77.7 cm³/mol. The molecule has 5 nitrogen and oxygen atoms in total. The summed E-state index contributed by atoms with van der Waals surface area (Å²) in [6.45, 7) is 8.07. The summed E-state index contributed by atoms with van der Waals surface area (Å²) in [5.41, 5.74) is 5.53. The maximum Gasteiger partial charge on any atom is 0.317 e. The van der Waals surface area contributed by atoms with Crippen molar-refractivity contribution in [2.24, 2.45) is 5.73 Å². The number of piperidine rings is 1. The average molecular weight is 272 g/mol. The lowest BCUT2D eigenvalue weighted by Crippen LogP contribution is -2.50. The van der Waals surface area contributed by atoms with Gasteiger partial charge < -0.3 is 16.0 Å². The maximum absolute atomic E-state index is 11.9. The number of amides is 2. The number of hydrogen-bond acceptors (Lipinski definition) is 3. The highest BCUT2D eigenvalue weighted by atomic mass is 32.1. The van der Waals surface area contributed by atoms with E-state index in [0.29, 0.717) is 11.5 Å². The Bertz CT molecular complexity index is 286. The van der Waals surface area contributed by atoms with Gasteiger partial charge in [-0.3, -0.25) is 4.90 Å². The first-order chi connectivity index (χ1) is 8.56. The Morgan fingerprint density at radius 3 is 2.39 bits per heavy atom. The van der Waals surface area contributed by atoms with Gasteiger partial charge in [-0.05, 0) is 26.7 Å². The molecule has 1 rings (SSSR count). The molecule has 0 unspecified atom stereocenters. The molecule has 6 heteroatoms. The molecule has 1 saturated heterocycles. The molecule has 1 aliphatic heterocycles. The second kappa shape index (κ2) is 7.53. The van der Waals surface area contributed by atoms with Crippen molar-refractivity contribution in [2.75, 3.05) is 32.7 Å². The van der Waals surface area contributed by atoms with Gasteiger partial charge in [-0.15, -0.1) is 0 Å². The molecule has 0 saturated carbocycles. The molecule has 104 valence electrons. The lowest BCUT2D eigenvalue weighted by atomic mass is 10.1. The number of likely N-dealkylation sites (tertiary alicyclic amines) is 1. The number of carbonyl (C=O) groups is 1. The van der Waals surface area contributed by atoms with Crippen LogP contribution in [0.25, 0.3) is 0 Å². The summed E-state index contributed by atoms with van der Waals surface area (Å²) in [4.78, 5) is 16.5. The standard InChI is InChI=1S/C12H24N4OS/c1-3-16(4-2)12(17)14-10-5-7-15(8-6-10)9-11(13)18/h10H,3-9H2,1-2H3,(H2,13,18)(H,14,17). The van der Waals surface area contributed by atoms with Gasteiger partial charge in [0.2, 0.25) is 0 Å². The van der Waals surface area contributed by atoms with Crippen molar-refractivity contribution < 1.29 is 4.79 Å². The molecule has 0 aliphatic carbocycles. The molecule has 0 aromatic heterocycles. The lowest BCUT2D eigenvalue weighted by Gasteiger charge is -2.33. The third-order valence-electron chi connectivity index (χ3n) is 3.35. The number of hydrogen-bond donors (Lipinski definition) is 2. The molecule has 18 heavy (non-hydrogen) atoms. The Balaban J connectivity index is 2.31. The Kier molecular flexibility index (Phi) is 6.35. The SMILES string of the molecule is CCN(CC)C(=O)NC1CCN(CC(N)=S)CC1. The number of rotatable bonds is 5. The molecule has 0 spiro atoms. The molecule has 0 bridgehead atoms. The van der Waals surface area contributed by atoms with E-state index in [0.717, 1.165) is 39.0 Å². The molecule has 0 atom stereocenters. The quantitative estimate of drug-likeness (QED) is 0.726. The Labute approximate surface area is 115 Å². The van der Waals surface area contributed by atoms with Crippen molar-refractivity contribution in [1.82, 2.24) is 15.1 Å². The fourth-order valence-electron chi connectivity index (χ4n) is 2.23. The summed E-state index contributed by atoms with van der Waals surface area (Å²) in [5.74, 6) is 0. The van der Waals surface area contributed by atoms with Gasteiger partial charge in [0.1, 0.15) is 0 Å². The Hall–Kier alpha value is -0.880. The summed E-state index contributed by atoms with van der Waals surface area (Å²) in [5, 5.41) is 3.09. The first-order valence-electron chi connectivity index (χ1n) is 6.62. The van der Waals surface area contributed by atoms with Gasteiger partial charge in [-0.1, -0.05) is 12.2 Å². The highest BCUT2D eigenvalue weighted by Gasteiger charge is 2.22. The first-order valence-corrected chi connectivity index (χ1v) is 7.03. The zero-order chi connectivity index (χ0) is 13.5. The van der Waals surface area contributed by atoms with Gasteiger partial charge in [0.15, 0.2) is 0 Å². The topological polar surface area (TPSA) is 61.6 Å². The van der Waals surface area contributed by atoms with Gasteiger partial charge in [0.05, 0.1) is 4.99 Å². The second-order valence-electron chi connectivity index (χ2n) is 4.64. The minimum atomic E-state index is 0.0489. The summed E-state index contributed by atoms with van der Waals surface area (Å²) in [7, 11) is 0. The van der Waals surface area contributed by atoms with Crippen LogP contribution in [0.2, 0.25) is 0 Å². The maximum atomic E-state index is 11.9. The van der Waals surface area contributed by atoms with Crippen LogP contribution in [0.5, 0.6) is 0 Å². The molecule has 0 aromatic rings. The van der Waals surface area contributed by atoms with Crippen LogP contribution in [0, 0.1) is 0 Å². The highest BCUT2D eigenvalue weighted by Crippen LogP contribution is 2.10. The third-order valence-corrected chi connectivity index (χ3v) is 3.47. The van der Waals surface area contributed by atoms with E-state index in [1.807, 2.05) is 13.8 Å². The number of thiocarbonyl (C=S) groups is 1. The minimum Gasteiger partial charge on any atom is -0.392 e. The molecular formula is C12H24N4OS. The van der Waals surface area contributed by atoms with Crippen LogP contribution in [0.3, 0.4) is 0 Å². The van der Waals surface area contributed by atoms with Gasteiger partial charge in [0.25, 0.3) is 0 Å². The summed E-state index contributed by atoms with van der Waals surface area (Å²) >= 11 is 4.90. The monoisotopic (exact) mass is 272 g/mol. The van der Waals surface area contributed by atoms with Crippen LogP contribution in [-0.2, 0) is 0 Å². The molecule has 1 aliphatic rings. The fourth-order valence-corrected chi connectivity index (χ4v) is 2.42. The van der Waals surface area contributed by atoms with Crippen LogP contribution in [0.1, 0.15) is 26.7 Å². The predicted octanol–water partition coefficient (Wildman–Crippen LogP) is 0.788. The number of nitrogens with zero attached hydrogens (tertiary/aromatic N) is 2. The van der Waals surface area contributed by atoms with Crippen molar-refractivity contribution in [3.05, 3.63) is 0 Å². The van der Waals surface area contributed by atoms with Crippen LogP contribution >= 0.6 is 12.2 Å². The lowest BCUT2D eigenvalue weighted by molar-refractivity contribution is 0.182. The average Bonchev–Trinajstić information content (AvgIpc) is 2.32.